The normalized spacial score (nSPS) is 19.9. The molecule has 5 nitrogen and oxygen atoms in total. The molecule has 2 aromatic rings. The molecule has 2 unspecified atom stereocenters. The highest BCUT2D eigenvalue weighted by molar-refractivity contribution is 6.15. The average molecular weight is 408 g/mol. The lowest BCUT2D eigenvalue weighted by Gasteiger charge is -2.36. The van der Waals surface area contributed by atoms with Crippen LogP contribution in [0.1, 0.15) is 72.5 Å². The number of hydrogen-bond acceptors (Lipinski definition) is 5. The zero-order chi connectivity index (χ0) is 21.1. The lowest BCUT2D eigenvalue weighted by molar-refractivity contribution is 0.0600. The Kier molecular flexibility index (Phi) is 6.07. The number of aliphatic imine (C=N–C) groups is 1. The van der Waals surface area contributed by atoms with Crippen LogP contribution in [0.5, 0.6) is 11.5 Å². The number of fused-ring (bicyclic) bond motifs is 3. The fourth-order valence-electron chi connectivity index (χ4n) is 4.60. The van der Waals surface area contributed by atoms with Gasteiger partial charge < -0.3 is 14.2 Å². The molecule has 0 aromatic heterocycles. The Morgan fingerprint density at radius 3 is 2.33 bits per heavy atom. The van der Waals surface area contributed by atoms with Gasteiger partial charge in [-0.2, -0.15) is 0 Å². The molecule has 0 radical (unpaired) electrons. The van der Waals surface area contributed by atoms with Crippen molar-refractivity contribution >= 4 is 11.7 Å². The summed E-state index contributed by atoms with van der Waals surface area (Å²) in [5.74, 6) is 1.65. The lowest BCUT2D eigenvalue weighted by Crippen LogP contribution is -2.29. The maximum Gasteiger partial charge on any atom is 0.337 e. The van der Waals surface area contributed by atoms with Crippen LogP contribution in [-0.4, -0.2) is 38.0 Å². The minimum absolute atomic E-state index is 0.286. The average Bonchev–Trinajstić information content (AvgIpc) is 2.79. The highest BCUT2D eigenvalue weighted by Crippen LogP contribution is 2.45. The van der Waals surface area contributed by atoms with Crippen LogP contribution >= 0.6 is 0 Å². The van der Waals surface area contributed by atoms with Gasteiger partial charge in [-0.25, -0.2) is 4.79 Å². The van der Waals surface area contributed by atoms with E-state index in [-0.39, 0.29) is 12.0 Å². The van der Waals surface area contributed by atoms with Gasteiger partial charge in [0.05, 0.1) is 37.6 Å². The van der Waals surface area contributed by atoms with Crippen LogP contribution in [0.25, 0.3) is 0 Å². The Bertz CT molecular complexity index is 948. The Labute approximate surface area is 178 Å². The summed E-state index contributed by atoms with van der Waals surface area (Å²) in [6.45, 7) is 5.15. The van der Waals surface area contributed by atoms with Crippen molar-refractivity contribution in [2.24, 2.45) is 4.99 Å². The Morgan fingerprint density at radius 1 is 1.00 bits per heavy atom. The van der Waals surface area contributed by atoms with Crippen molar-refractivity contribution in [1.29, 1.82) is 0 Å². The van der Waals surface area contributed by atoms with E-state index in [2.05, 4.69) is 12.1 Å². The highest BCUT2D eigenvalue weighted by atomic mass is 16.5. The lowest BCUT2D eigenvalue weighted by atomic mass is 9.75. The van der Waals surface area contributed by atoms with E-state index in [9.17, 15) is 4.79 Å². The van der Waals surface area contributed by atoms with Crippen LogP contribution < -0.4 is 9.47 Å². The molecular formula is C25H29NO4. The van der Waals surface area contributed by atoms with Gasteiger partial charge in [-0.15, -0.1) is 0 Å². The zero-order valence-electron chi connectivity index (χ0n) is 17.9. The SMILES string of the molecule is CCOc1cc2c(cc1OCC)C1CCCCC1N=C2c1ccc(C(=O)OC)cc1. The quantitative estimate of drug-likeness (QED) is 0.622. The van der Waals surface area contributed by atoms with Crippen molar-refractivity contribution in [1.82, 2.24) is 0 Å². The van der Waals surface area contributed by atoms with Gasteiger partial charge in [0.1, 0.15) is 0 Å². The third-order valence-electron chi connectivity index (χ3n) is 5.97. The molecule has 0 N–H and O–H groups in total. The molecular weight excluding hydrogens is 378 g/mol. The third kappa shape index (κ3) is 3.81. The first-order valence-corrected chi connectivity index (χ1v) is 10.9. The molecule has 2 aromatic carbocycles. The molecule has 0 saturated heterocycles. The van der Waals surface area contributed by atoms with Crippen LogP contribution in [0.4, 0.5) is 0 Å². The number of methoxy groups -OCH3 is 1. The van der Waals surface area contributed by atoms with Crippen LogP contribution in [0.3, 0.4) is 0 Å². The first-order chi connectivity index (χ1) is 14.7. The second-order valence-corrected chi connectivity index (χ2v) is 7.76. The first kappa shape index (κ1) is 20.5. The summed E-state index contributed by atoms with van der Waals surface area (Å²) < 4.78 is 16.6. The maximum absolute atomic E-state index is 11.8. The minimum atomic E-state index is -0.333. The number of benzene rings is 2. The number of carbonyl (C=O) groups is 1. The van der Waals surface area contributed by atoms with E-state index < -0.39 is 0 Å². The summed E-state index contributed by atoms with van der Waals surface area (Å²) in [4.78, 5) is 17.0. The van der Waals surface area contributed by atoms with Crippen molar-refractivity contribution in [3.63, 3.8) is 0 Å². The number of carbonyl (C=O) groups excluding carboxylic acids is 1. The van der Waals surface area contributed by atoms with Crippen LogP contribution in [0, 0.1) is 0 Å². The first-order valence-electron chi connectivity index (χ1n) is 10.9. The van der Waals surface area contributed by atoms with Crippen molar-refractivity contribution in [2.75, 3.05) is 20.3 Å². The largest absolute Gasteiger partial charge is 0.490 e. The molecule has 158 valence electrons. The van der Waals surface area contributed by atoms with Crippen molar-refractivity contribution < 1.29 is 19.0 Å². The van der Waals surface area contributed by atoms with E-state index >= 15 is 0 Å². The maximum atomic E-state index is 11.8. The van der Waals surface area contributed by atoms with Gasteiger partial charge in [0, 0.05) is 17.0 Å². The molecule has 2 aliphatic rings. The second kappa shape index (κ2) is 8.90. The van der Waals surface area contributed by atoms with Gasteiger partial charge in [-0.3, -0.25) is 4.99 Å². The van der Waals surface area contributed by atoms with Crippen LogP contribution in [0.2, 0.25) is 0 Å². The van der Waals surface area contributed by atoms with E-state index in [0.717, 1.165) is 41.2 Å². The molecule has 1 heterocycles. The van der Waals surface area contributed by atoms with Crippen molar-refractivity contribution in [3.8, 4) is 11.5 Å². The molecule has 0 bridgehead atoms. The number of rotatable bonds is 6. The van der Waals surface area contributed by atoms with Crippen LogP contribution in [-0.2, 0) is 4.74 Å². The molecule has 30 heavy (non-hydrogen) atoms. The van der Waals surface area contributed by atoms with Gasteiger partial charge in [0.2, 0.25) is 0 Å². The standard InChI is InChI=1S/C25H29NO4/c1-4-29-22-14-19-18-8-6-7-9-21(18)26-24(20(19)15-23(22)30-5-2)16-10-12-17(13-11-16)25(27)28-3/h10-15,18,21H,4-9H2,1-3H3. The molecule has 1 aliphatic heterocycles. The van der Waals surface area contributed by atoms with E-state index in [1.807, 2.05) is 26.0 Å². The summed E-state index contributed by atoms with van der Waals surface area (Å²) in [6, 6.07) is 12.0. The Balaban J connectivity index is 1.82. The molecule has 0 spiro atoms. The van der Waals surface area contributed by atoms with Gasteiger partial charge in [0.25, 0.3) is 0 Å². The number of hydrogen-bond donors (Lipinski definition) is 0. The van der Waals surface area contributed by atoms with Crippen molar-refractivity contribution in [2.45, 2.75) is 51.5 Å². The van der Waals surface area contributed by atoms with Gasteiger partial charge in [0.15, 0.2) is 11.5 Å². The number of esters is 1. The predicted octanol–water partition coefficient (Wildman–Crippen LogP) is 5.15. The van der Waals surface area contributed by atoms with Crippen molar-refractivity contribution in [3.05, 3.63) is 58.7 Å². The summed E-state index contributed by atoms with van der Waals surface area (Å²) in [5.41, 5.74) is 4.91. The molecule has 1 aliphatic carbocycles. The monoisotopic (exact) mass is 407 g/mol. The Hall–Kier alpha value is -2.82. The molecule has 4 rings (SSSR count). The number of ether oxygens (including phenoxy) is 3. The van der Waals surface area contributed by atoms with Gasteiger partial charge in [-0.05, 0) is 56.5 Å². The van der Waals surface area contributed by atoms with E-state index in [1.54, 1.807) is 12.1 Å². The van der Waals surface area contributed by atoms with Crippen LogP contribution in [0.15, 0.2) is 41.4 Å². The van der Waals surface area contributed by atoms with Gasteiger partial charge in [-0.1, -0.05) is 25.0 Å². The molecule has 1 fully saturated rings. The molecule has 2 atom stereocenters. The third-order valence-corrected chi connectivity index (χ3v) is 5.97. The fourth-order valence-corrected chi connectivity index (χ4v) is 4.60. The van der Waals surface area contributed by atoms with E-state index in [0.29, 0.717) is 24.7 Å². The minimum Gasteiger partial charge on any atom is -0.490 e. The fraction of sp³-hybridized carbons (Fsp3) is 0.440. The summed E-state index contributed by atoms with van der Waals surface area (Å²) in [7, 11) is 1.39. The molecule has 5 heteroatoms. The second-order valence-electron chi connectivity index (χ2n) is 7.76. The smallest absolute Gasteiger partial charge is 0.337 e. The summed E-state index contributed by atoms with van der Waals surface area (Å²) >= 11 is 0. The predicted molar refractivity (Wildman–Crippen MR) is 117 cm³/mol. The summed E-state index contributed by atoms with van der Waals surface area (Å²) in [5, 5.41) is 0. The topological polar surface area (TPSA) is 57.1 Å². The zero-order valence-corrected chi connectivity index (χ0v) is 17.9. The summed E-state index contributed by atoms with van der Waals surface area (Å²) in [6.07, 6.45) is 4.70. The highest BCUT2D eigenvalue weighted by Gasteiger charge is 2.34. The number of nitrogens with zero attached hydrogens (tertiary/aromatic N) is 1. The van der Waals surface area contributed by atoms with Gasteiger partial charge >= 0.3 is 5.97 Å². The molecule has 1 saturated carbocycles. The van der Waals surface area contributed by atoms with E-state index in [4.69, 9.17) is 19.2 Å². The van der Waals surface area contributed by atoms with E-state index in [1.165, 1.54) is 25.5 Å². The Morgan fingerprint density at radius 2 is 1.67 bits per heavy atom. The molecule has 0 amide bonds.